The molecule has 19 heavy (non-hydrogen) atoms. The molecule has 2 aliphatic heterocycles. The van der Waals surface area contributed by atoms with E-state index in [0.717, 1.165) is 58.7 Å². The first-order chi connectivity index (χ1) is 9.22. The maximum atomic E-state index is 12.4. The molecule has 0 spiro atoms. The number of nitrogens with one attached hydrogen (secondary N) is 1. The number of piperazine rings is 1. The Balaban J connectivity index is 1.79. The van der Waals surface area contributed by atoms with Crippen molar-refractivity contribution in [3.05, 3.63) is 0 Å². The van der Waals surface area contributed by atoms with Crippen LogP contribution in [0.4, 0.5) is 0 Å². The van der Waals surface area contributed by atoms with Gasteiger partial charge in [0.2, 0.25) is 5.91 Å². The fourth-order valence-electron chi connectivity index (χ4n) is 3.05. The van der Waals surface area contributed by atoms with Gasteiger partial charge in [0.1, 0.15) is 0 Å². The predicted molar refractivity (Wildman–Crippen MR) is 75.1 cm³/mol. The van der Waals surface area contributed by atoms with E-state index in [1.807, 2.05) is 4.90 Å². The highest BCUT2D eigenvalue weighted by Gasteiger charge is 2.29. The van der Waals surface area contributed by atoms with Crippen LogP contribution in [0.2, 0.25) is 0 Å². The first-order valence-electron chi connectivity index (χ1n) is 7.45. The van der Waals surface area contributed by atoms with Gasteiger partial charge in [-0.05, 0) is 38.8 Å². The second kappa shape index (κ2) is 7.22. The van der Waals surface area contributed by atoms with Gasteiger partial charge in [-0.25, -0.2) is 0 Å². The van der Waals surface area contributed by atoms with E-state index in [1.165, 1.54) is 0 Å². The molecule has 1 amide bonds. The summed E-state index contributed by atoms with van der Waals surface area (Å²) in [7, 11) is 1.77. The van der Waals surface area contributed by atoms with Crippen molar-refractivity contribution < 1.29 is 9.53 Å². The number of carbonyl (C=O) groups excluding carboxylic acids is 1. The first kappa shape index (κ1) is 14.8. The fourth-order valence-corrected chi connectivity index (χ4v) is 3.05. The molecule has 0 radical (unpaired) electrons. The van der Waals surface area contributed by atoms with Crippen LogP contribution in [0.3, 0.4) is 0 Å². The van der Waals surface area contributed by atoms with Crippen molar-refractivity contribution in [1.82, 2.24) is 15.1 Å². The number of piperidine rings is 1. The van der Waals surface area contributed by atoms with Gasteiger partial charge in [-0.1, -0.05) is 0 Å². The lowest BCUT2D eigenvalue weighted by molar-refractivity contribution is -0.137. The minimum Gasteiger partial charge on any atom is -0.384 e. The van der Waals surface area contributed by atoms with Gasteiger partial charge in [-0.3, -0.25) is 9.69 Å². The molecule has 2 rings (SSSR count). The number of likely N-dealkylation sites (tertiary alicyclic amines) is 1. The third kappa shape index (κ3) is 3.91. The summed E-state index contributed by atoms with van der Waals surface area (Å²) in [6, 6.07) is 0.0293. The van der Waals surface area contributed by atoms with Crippen molar-refractivity contribution in [2.45, 2.75) is 25.8 Å². The van der Waals surface area contributed by atoms with Crippen molar-refractivity contribution in [2.24, 2.45) is 5.92 Å². The highest BCUT2D eigenvalue weighted by Crippen LogP contribution is 2.20. The van der Waals surface area contributed by atoms with E-state index in [-0.39, 0.29) is 6.04 Å². The van der Waals surface area contributed by atoms with E-state index in [0.29, 0.717) is 11.8 Å². The fraction of sp³-hybridized carbons (Fsp3) is 0.929. The van der Waals surface area contributed by atoms with E-state index >= 15 is 0 Å². The third-order valence-corrected chi connectivity index (χ3v) is 4.39. The Bertz CT molecular complexity index is 284. The van der Waals surface area contributed by atoms with Gasteiger partial charge in [0, 0.05) is 39.9 Å². The molecular weight excluding hydrogens is 242 g/mol. The molecule has 0 aromatic heterocycles. The van der Waals surface area contributed by atoms with Crippen LogP contribution >= 0.6 is 0 Å². The number of rotatable bonds is 4. The highest BCUT2D eigenvalue weighted by atomic mass is 16.5. The zero-order chi connectivity index (χ0) is 13.7. The van der Waals surface area contributed by atoms with Gasteiger partial charge in [-0.15, -0.1) is 0 Å². The summed E-state index contributed by atoms with van der Waals surface area (Å²) in [4.78, 5) is 16.8. The summed E-state index contributed by atoms with van der Waals surface area (Å²) in [5.74, 6) is 0.967. The van der Waals surface area contributed by atoms with Gasteiger partial charge in [0.25, 0.3) is 0 Å². The quantitative estimate of drug-likeness (QED) is 0.790. The molecule has 0 aromatic rings. The zero-order valence-corrected chi connectivity index (χ0v) is 12.2. The van der Waals surface area contributed by atoms with Crippen LogP contribution in [-0.2, 0) is 9.53 Å². The third-order valence-electron chi connectivity index (χ3n) is 4.39. The van der Waals surface area contributed by atoms with Crippen molar-refractivity contribution in [2.75, 3.05) is 53.0 Å². The molecule has 2 fully saturated rings. The summed E-state index contributed by atoms with van der Waals surface area (Å²) in [5.41, 5.74) is 0. The van der Waals surface area contributed by atoms with Gasteiger partial charge in [-0.2, -0.15) is 0 Å². The largest absolute Gasteiger partial charge is 0.384 e. The van der Waals surface area contributed by atoms with Crippen LogP contribution in [0, 0.1) is 5.92 Å². The normalized spacial score (nSPS) is 24.4. The Kier molecular flexibility index (Phi) is 5.60. The molecule has 0 aromatic carbocycles. The van der Waals surface area contributed by atoms with Crippen LogP contribution in [0.25, 0.3) is 0 Å². The molecule has 110 valence electrons. The van der Waals surface area contributed by atoms with E-state index in [4.69, 9.17) is 4.74 Å². The van der Waals surface area contributed by atoms with Crippen LogP contribution in [0.15, 0.2) is 0 Å². The van der Waals surface area contributed by atoms with Crippen LogP contribution in [0.1, 0.15) is 19.8 Å². The Labute approximate surface area is 116 Å². The first-order valence-corrected chi connectivity index (χ1v) is 7.45. The Morgan fingerprint density at radius 2 is 1.89 bits per heavy atom. The van der Waals surface area contributed by atoms with E-state index in [1.54, 1.807) is 7.11 Å². The number of nitrogens with zero attached hydrogens (tertiary/aromatic N) is 2. The minimum atomic E-state index is 0.0293. The summed E-state index contributed by atoms with van der Waals surface area (Å²) in [6.07, 6.45) is 2.29. The second-order valence-electron chi connectivity index (χ2n) is 5.69. The number of methoxy groups -OCH3 is 1. The summed E-state index contributed by atoms with van der Waals surface area (Å²) >= 11 is 0. The molecule has 2 saturated heterocycles. The van der Waals surface area contributed by atoms with Crippen molar-refractivity contribution in [3.8, 4) is 0 Å². The van der Waals surface area contributed by atoms with Crippen LogP contribution in [-0.4, -0.2) is 74.7 Å². The summed E-state index contributed by atoms with van der Waals surface area (Å²) in [6.45, 7) is 8.50. The second-order valence-corrected chi connectivity index (χ2v) is 5.69. The van der Waals surface area contributed by atoms with Crippen molar-refractivity contribution in [1.29, 1.82) is 0 Å². The topological polar surface area (TPSA) is 44.8 Å². The number of hydrogen-bond acceptors (Lipinski definition) is 4. The standard InChI is InChI=1S/C14H27N3O2/c1-12(14(18)17-9-5-15-6-10-17)16-7-3-13(4-8-16)11-19-2/h12-13,15H,3-11H2,1-2H3. The predicted octanol–water partition coefficient (Wildman–Crippen LogP) is 0.165. The van der Waals surface area contributed by atoms with Gasteiger partial charge < -0.3 is 15.0 Å². The van der Waals surface area contributed by atoms with Gasteiger partial charge in [0.15, 0.2) is 0 Å². The van der Waals surface area contributed by atoms with Crippen LogP contribution in [0.5, 0.6) is 0 Å². The molecule has 1 unspecified atom stereocenters. The van der Waals surface area contributed by atoms with Crippen LogP contribution < -0.4 is 5.32 Å². The van der Waals surface area contributed by atoms with Gasteiger partial charge in [0.05, 0.1) is 6.04 Å². The van der Waals surface area contributed by atoms with Crippen molar-refractivity contribution in [3.63, 3.8) is 0 Å². The molecule has 5 heteroatoms. The molecule has 0 saturated carbocycles. The molecule has 1 N–H and O–H groups in total. The summed E-state index contributed by atoms with van der Waals surface area (Å²) in [5, 5.41) is 3.29. The molecule has 2 aliphatic rings. The average molecular weight is 269 g/mol. The van der Waals surface area contributed by atoms with Crippen molar-refractivity contribution >= 4 is 5.91 Å². The lowest BCUT2D eigenvalue weighted by Crippen LogP contribution is -2.54. The van der Waals surface area contributed by atoms with E-state index in [2.05, 4.69) is 17.1 Å². The smallest absolute Gasteiger partial charge is 0.239 e. The number of carbonyl (C=O) groups is 1. The van der Waals surface area contributed by atoms with E-state index in [9.17, 15) is 4.79 Å². The van der Waals surface area contributed by atoms with Gasteiger partial charge >= 0.3 is 0 Å². The number of hydrogen-bond donors (Lipinski definition) is 1. The maximum absolute atomic E-state index is 12.4. The molecule has 0 bridgehead atoms. The van der Waals surface area contributed by atoms with E-state index < -0.39 is 0 Å². The Morgan fingerprint density at radius 1 is 1.26 bits per heavy atom. The monoisotopic (exact) mass is 269 g/mol. The number of amides is 1. The summed E-state index contributed by atoms with van der Waals surface area (Å²) < 4.78 is 5.22. The zero-order valence-electron chi connectivity index (χ0n) is 12.2. The average Bonchev–Trinajstić information content (AvgIpc) is 2.48. The molecule has 2 heterocycles. The molecule has 1 atom stereocenters. The molecular formula is C14H27N3O2. The Morgan fingerprint density at radius 3 is 2.47 bits per heavy atom. The lowest BCUT2D eigenvalue weighted by Gasteiger charge is -2.38. The SMILES string of the molecule is COCC1CCN(C(C)C(=O)N2CCNCC2)CC1. The maximum Gasteiger partial charge on any atom is 0.239 e. The highest BCUT2D eigenvalue weighted by molar-refractivity contribution is 5.81. The lowest BCUT2D eigenvalue weighted by atomic mass is 9.96. The molecule has 5 nitrogen and oxygen atoms in total. The molecule has 0 aliphatic carbocycles. The number of ether oxygens (including phenoxy) is 1. The minimum absolute atomic E-state index is 0.0293. The Hall–Kier alpha value is -0.650.